The number of hydrogen-bond acceptors (Lipinski definition) is 4. The van der Waals surface area contributed by atoms with E-state index in [2.05, 4.69) is 0 Å². The molecule has 108 valence electrons. The van der Waals surface area contributed by atoms with Crippen molar-refractivity contribution in [2.45, 2.75) is 32.3 Å². The van der Waals surface area contributed by atoms with Crippen LogP contribution in [0, 0.1) is 0 Å². The minimum Gasteiger partial charge on any atom is -0.450 e. The van der Waals surface area contributed by atoms with Crippen LogP contribution in [-0.4, -0.2) is 17.9 Å². The van der Waals surface area contributed by atoms with E-state index in [4.69, 9.17) is 4.74 Å². The average molecular weight is 300 g/mol. The number of benzene rings is 1. The second-order valence-electron chi connectivity index (χ2n) is 5.19. The van der Waals surface area contributed by atoms with Crippen molar-refractivity contribution in [2.75, 3.05) is 0 Å². The first-order valence-corrected chi connectivity index (χ1v) is 7.88. The van der Waals surface area contributed by atoms with Crippen LogP contribution in [0.2, 0.25) is 0 Å². The maximum Gasteiger partial charge on any atom is 0.349 e. The van der Waals surface area contributed by atoms with E-state index in [1.807, 2.05) is 12.1 Å². The average Bonchev–Trinajstić information content (AvgIpc) is 3.08. The molecule has 3 rings (SSSR count). The number of rotatable bonds is 4. The Balaban J connectivity index is 1.68. The van der Waals surface area contributed by atoms with Crippen molar-refractivity contribution in [3.8, 4) is 0 Å². The van der Waals surface area contributed by atoms with E-state index in [9.17, 15) is 9.59 Å². The number of esters is 1. The Morgan fingerprint density at radius 2 is 1.95 bits per heavy atom. The van der Waals surface area contributed by atoms with Crippen molar-refractivity contribution in [1.82, 2.24) is 0 Å². The topological polar surface area (TPSA) is 43.4 Å². The van der Waals surface area contributed by atoms with Crippen LogP contribution in [0.25, 0.3) is 0 Å². The van der Waals surface area contributed by atoms with Crippen LogP contribution in [0.5, 0.6) is 0 Å². The van der Waals surface area contributed by atoms with E-state index in [-0.39, 0.29) is 5.78 Å². The summed E-state index contributed by atoms with van der Waals surface area (Å²) in [6.07, 6.45) is 2.49. The van der Waals surface area contributed by atoms with Gasteiger partial charge < -0.3 is 4.74 Å². The predicted molar refractivity (Wildman–Crippen MR) is 82.0 cm³/mol. The molecule has 1 heterocycles. The molecule has 0 spiro atoms. The Bertz CT molecular complexity index is 651. The third-order valence-electron chi connectivity index (χ3n) is 3.66. The molecule has 0 saturated carbocycles. The predicted octanol–water partition coefficient (Wildman–Crippen LogP) is 3.67. The SMILES string of the molecule is C[C@@H](OC(=O)c1cc2c(s1)CCC2)C(=O)c1ccccc1. The van der Waals surface area contributed by atoms with Gasteiger partial charge in [-0.25, -0.2) is 4.79 Å². The maximum atomic E-state index is 12.2. The van der Waals surface area contributed by atoms with Crippen molar-refractivity contribution in [1.29, 1.82) is 0 Å². The summed E-state index contributed by atoms with van der Waals surface area (Å²) in [6, 6.07) is 10.8. The molecule has 0 unspecified atom stereocenters. The van der Waals surface area contributed by atoms with E-state index in [1.165, 1.54) is 28.2 Å². The summed E-state index contributed by atoms with van der Waals surface area (Å²) in [5.41, 5.74) is 1.82. The van der Waals surface area contributed by atoms with Crippen molar-refractivity contribution < 1.29 is 14.3 Å². The number of carbonyl (C=O) groups is 2. The smallest absolute Gasteiger partial charge is 0.349 e. The van der Waals surface area contributed by atoms with Gasteiger partial charge in [0.2, 0.25) is 5.78 Å². The molecule has 0 saturated heterocycles. The van der Waals surface area contributed by atoms with Gasteiger partial charge in [0.25, 0.3) is 0 Å². The summed E-state index contributed by atoms with van der Waals surface area (Å²) in [7, 11) is 0. The minimum absolute atomic E-state index is 0.173. The molecule has 3 nitrogen and oxygen atoms in total. The molecule has 4 heteroatoms. The molecule has 0 aliphatic heterocycles. The quantitative estimate of drug-likeness (QED) is 0.639. The lowest BCUT2D eigenvalue weighted by atomic mass is 10.1. The van der Waals surface area contributed by atoms with Gasteiger partial charge in [-0.15, -0.1) is 11.3 Å². The van der Waals surface area contributed by atoms with Gasteiger partial charge in [-0.05, 0) is 37.8 Å². The molecule has 1 aromatic heterocycles. The van der Waals surface area contributed by atoms with Gasteiger partial charge in [-0.3, -0.25) is 4.79 Å². The van der Waals surface area contributed by atoms with Gasteiger partial charge in [0.1, 0.15) is 4.88 Å². The Morgan fingerprint density at radius 1 is 1.19 bits per heavy atom. The highest BCUT2D eigenvalue weighted by Gasteiger charge is 2.23. The first-order valence-electron chi connectivity index (χ1n) is 7.07. The van der Waals surface area contributed by atoms with Gasteiger partial charge in [-0.1, -0.05) is 30.3 Å². The van der Waals surface area contributed by atoms with Crippen LogP contribution in [0.3, 0.4) is 0 Å². The lowest BCUT2D eigenvalue weighted by molar-refractivity contribution is 0.0323. The molecule has 0 amide bonds. The summed E-state index contributed by atoms with van der Waals surface area (Å²) in [5, 5.41) is 0. The molecule has 1 aliphatic rings. The fourth-order valence-electron chi connectivity index (χ4n) is 2.54. The highest BCUT2D eigenvalue weighted by molar-refractivity contribution is 7.14. The second-order valence-corrected chi connectivity index (χ2v) is 6.33. The zero-order valence-electron chi connectivity index (χ0n) is 11.8. The third-order valence-corrected chi connectivity index (χ3v) is 4.88. The van der Waals surface area contributed by atoms with Gasteiger partial charge in [-0.2, -0.15) is 0 Å². The number of ketones is 1. The standard InChI is InChI=1S/C17H16O3S/c1-11(16(18)12-6-3-2-4-7-12)20-17(19)15-10-13-8-5-9-14(13)21-15/h2-4,6-7,10-11H,5,8-9H2,1H3/t11-/m1/s1. The molecule has 0 N–H and O–H groups in total. The van der Waals surface area contributed by atoms with Crippen molar-refractivity contribution in [3.63, 3.8) is 0 Å². The molecule has 21 heavy (non-hydrogen) atoms. The van der Waals surface area contributed by atoms with E-state index in [0.717, 1.165) is 12.8 Å². The van der Waals surface area contributed by atoms with Crippen LogP contribution in [0.1, 0.15) is 43.8 Å². The maximum absolute atomic E-state index is 12.2. The summed E-state index contributed by atoms with van der Waals surface area (Å²) in [5.74, 6) is -0.570. The number of fused-ring (bicyclic) bond motifs is 1. The minimum atomic E-state index is -0.767. The van der Waals surface area contributed by atoms with Crippen molar-refractivity contribution in [2.24, 2.45) is 0 Å². The molecule has 1 aliphatic carbocycles. The van der Waals surface area contributed by atoms with Crippen LogP contribution in [0.15, 0.2) is 36.4 Å². The van der Waals surface area contributed by atoms with E-state index < -0.39 is 12.1 Å². The first-order chi connectivity index (χ1) is 10.1. The highest BCUT2D eigenvalue weighted by atomic mass is 32.1. The largest absolute Gasteiger partial charge is 0.450 e. The monoisotopic (exact) mass is 300 g/mol. The molecular formula is C17H16O3S. The summed E-state index contributed by atoms with van der Waals surface area (Å²) in [6.45, 7) is 1.62. The highest BCUT2D eigenvalue weighted by Crippen LogP contribution is 2.31. The third kappa shape index (κ3) is 2.90. The number of hydrogen-bond donors (Lipinski definition) is 0. The number of aryl methyl sites for hydroxylation is 2. The fraction of sp³-hybridized carbons (Fsp3) is 0.294. The first kappa shape index (κ1) is 14.0. The number of Topliss-reactive ketones (excluding diaryl/α,β-unsaturated/α-hetero) is 1. The van der Waals surface area contributed by atoms with Crippen LogP contribution < -0.4 is 0 Å². The lowest BCUT2D eigenvalue weighted by Crippen LogP contribution is -2.24. The fourth-order valence-corrected chi connectivity index (χ4v) is 3.68. The van der Waals surface area contributed by atoms with Crippen LogP contribution >= 0.6 is 11.3 Å². The summed E-state index contributed by atoms with van der Waals surface area (Å²) < 4.78 is 5.31. The van der Waals surface area contributed by atoms with E-state index >= 15 is 0 Å². The molecule has 1 atom stereocenters. The molecule has 1 aromatic carbocycles. The zero-order chi connectivity index (χ0) is 14.8. The Kier molecular flexibility index (Phi) is 3.88. The Morgan fingerprint density at radius 3 is 2.67 bits per heavy atom. The van der Waals surface area contributed by atoms with Gasteiger partial charge in [0.05, 0.1) is 0 Å². The van der Waals surface area contributed by atoms with Gasteiger partial charge in [0, 0.05) is 10.4 Å². The second kappa shape index (κ2) is 5.82. The summed E-state index contributed by atoms with van der Waals surface area (Å²) in [4.78, 5) is 26.2. The van der Waals surface area contributed by atoms with Crippen LogP contribution in [-0.2, 0) is 17.6 Å². The molecule has 2 aromatic rings. The van der Waals surface area contributed by atoms with Crippen molar-refractivity contribution in [3.05, 3.63) is 57.3 Å². The van der Waals surface area contributed by atoms with Gasteiger partial charge >= 0.3 is 5.97 Å². The normalized spacial score (nSPS) is 14.5. The molecule has 0 fully saturated rings. The van der Waals surface area contributed by atoms with E-state index in [1.54, 1.807) is 31.2 Å². The summed E-state index contributed by atoms with van der Waals surface area (Å²) >= 11 is 1.49. The Hall–Kier alpha value is -1.94. The Labute approximate surface area is 127 Å². The van der Waals surface area contributed by atoms with Crippen LogP contribution in [0.4, 0.5) is 0 Å². The number of thiophene rings is 1. The zero-order valence-corrected chi connectivity index (χ0v) is 12.6. The number of carbonyl (C=O) groups excluding carboxylic acids is 2. The van der Waals surface area contributed by atoms with Crippen molar-refractivity contribution >= 4 is 23.1 Å². The van der Waals surface area contributed by atoms with Gasteiger partial charge in [0.15, 0.2) is 6.10 Å². The molecular weight excluding hydrogens is 284 g/mol. The number of ether oxygens (including phenoxy) is 1. The lowest BCUT2D eigenvalue weighted by Gasteiger charge is -2.11. The molecule has 0 radical (unpaired) electrons. The van der Waals surface area contributed by atoms with E-state index in [0.29, 0.717) is 10.4 Å². The molecule has 0 bridgehead atoms.